The lowest BCUT2D eigenvalue weighted by Gasteiger charge is -2.16. The van der Waals surface area contributed by atoms with Crippen LogP contribution in [0.3, 0.4) is 0 Å². The van der Waals surface area contributed by atoms with Crippen LogP contribution in [0.15, 0.2) is 46.1 Å². The molecule has 0 aliphatic heterocycles. The highest BCUT2D eigenvalue weighted by atomic mass is 32.2. The second-order valence-corrected chi connectivity index (χ2v) is 9.34. The topological polar surface area (TPSA) is 77.4 Å². The third kappa shape index (κ3) is 4.23. The van der Waals surface area contributed by atoms with Gasteiger partial charge >= 0.3 is 4.87 Å². The molecule has 0 radical (unpaired) electrons. The molecule has 0 amide bonds. The molecule has 0 saturated carbocycles. The molecule has 1 N–H and O–H groups in total. The van der Waals surface area contributed by atoms with E-state index in [0.717, 1.165) is 22.4 Å². The molecule has 3 aromatic rings. The van der Waals surface area contributed by atoms with Crippen molar-refractivity contribution in [2.24, 2.45) is 7.05 Å². The van der Waals surface area contributed by atoms with Crippen molar-refractivity contribution in [3.8, 4) is 5.75 Å². The molecule has 8 heteroatoms. The van der Waals surface area contributed by atoms with Gasteiger partial charge in [-0.15, -0.1) is 0 Å². The van der Waals surface area contributed by atoms with Crippen LogP contribution in [-0.2, 0) is 17.1 Å². The summed E-state index contributed by atoms with van der Waals surface area (Å²) in [5.74, 6) is 0.708. The van der Waals surface area contributed by atoms with E-state index in [4.69, 9.17) is 4.74 Å². The minimum absolute atomic E-state index is 0.123. The van der Waals surface area contributed by atoms with Crippen LogP contribution in [0.2, 0.25) is 0 Å². The van der Waals surface area contributed by atoms with Gasteiger partial charge in [-0.05, 0) is 62.2 Å². The number of aromatic nitrogens is 1. The summed E-state index contributed by atoms with van der Waals surface area (Å²) in [6.07, 6.45) is 0. The number of sulfonamides is 1. The maximum absolute atomic E-state index is 12.6. The van der Waals surface area contributed by atoms with Gasteiger partial charge in [-0.25, -0.2) is 13.1 Å². The van der Waals surface area contributed by atoms with Gasteiger partial charge in [0.15, 0.2) is 0 Å². The molecule has 1 atom stereocenters. The molecule has 1 aromatic heterocycles. The van der Waals surface area contributed by atoms with Crippen LogP contribution >= 0.6 is 11.3 Å². The van der Waals surface area contributed by atoms with Gasteiger partial charge in [0, 0.05) is 7.05 Å². The van der Waals surface area contributed by atoms with Crippen LogP contribution in [0.1, 0.15) is 18.1 Å². The third-order valence-electron chi connectivity index (χ3n) is 4.41. The van der Waals surface area contributed by atoms with E-state index in [1.165, 1.54) is 22.3 Å². The quantitative estimate of drug-likeness (QED) is 0.683. The fourth-order valence-corrected chi connectivity index (χ4v) is 4.92. The zero-order valence-corrected chi connectivity index (χ0v) is 17.3. The highest BCUT2D eigenvalue weighted by molar-refractivity contribution is 7.89. The van der Waals surface area contributed by atoms with E-state index >= 15 is 0 Å². The first-order valence-electron chi connectivity index (χ1n) is 8.49. The second kappa shape index (κ2) is 7.46. The fraction of sp³-hybridized carbons (Fsp3) is 0.316. The first-order chi connectivity index (χ1) is 12.7. The lowest BCUT2D eigenvalue weighted by atomic mass is 10.1. The van der Waals surface area contributed by atoms with Crippen molar-refractivity contribution in [3.63, 3.8) is 0 Å². The summed E-state index contributed by atoms with van der Waals surface area (Å²) in [5, 5.41) is 0. The second-order valence-electron chi connectivity index (χ2n) is 6.64. The van der Waals surface area contributed by atoms with E-state index in [1.807, 2.05) is 32.0 Å². The van der Waals surface area contributed by atoms with Crippen LogP contribution in [0.5, 0.6) is 5.75 Å². The summed E-state index contributed by atoms with van der Waals surface area (Å²) in [6.45, 7) is 5.99. The summed E-state index contributed by atoms with van der Waals surface area (Å²) in [7, 11) is -2.04. The summed E-state index contributed by atoms with van der Waals surface area (Å²) in [4.78, 5) is 11.8. The normalized spacial score (nSPS) is 13.0. The van der Waals surface area contributed by atoms with E-state index in [9.17, 15) is 13.2 Å². The molecule has 1 heterocycles. The van der Waals surface area contributed by atoms with E-state index in [-0.39, 0.29) is 16.4 Å². The minimum atomic E-state index is -3.71. The monoisotopic (exact) mass is 406 g/mol. The van der Waals surface area contributed by atoms with Crippen LogP contribution in [0.25, 0.3) is 10.2 Å². The molecular formula is C19H22N2O4S2. The minimum Gasteiger partial charge on any atom is -0.492 e. The van der Waals surface area contributed by atoms with Crippen molar-refractivity contribution in [3.05, 3.63) is 57.2 Å². The number of nitrogens with one attached hydrogen (secondary N) is 1. The maximum Gasteiger partial charge on any atom is 0.307 e. The molecule has 6 nitrogen and oxygen atoms in total. The number of aryl methyl sites for hydroxylation is 3. The van der Waals surface area contributed by atoms with Crippen LogP contribution in [0.4, 0.5) is 0 Å². The number of thiazole rings is 1. The third-order valence-corrected chi connectivity index (χ3v) is 6.99. The van der Waals surface area contributed by atoms with Crippen molar-refractivity contribution in [1.82, 2.24) is 9.29 Å². The van der Waals surface area contributed by atoms with Crippen molar-refractivity contribution < 1.29 is 13.2 Å². The number of benzene rings is 2. The lowest BCUT2D eigenvalue weighted by molar-refractivity contribution is 0.287. The summed E-state index contributed by atoms with van der Waals surface area (Å²) in [5.41, 5.74) is 3.01. The predicted molar refractivity (Wildman–Crippen MR) is 108 cm³/mol. The van der Waals surface area contributed by atoms with Crippen molar-refractivity contribution in [1.29, 1.82) is 0 Å². The first kappa shape index (κ1) is 19.6. The Bertz CT molecular complexity index is 1150. The maximum atomic E-state index is 12.6. The molecule has 1 unspecified atom stereocenters. The molecule has 0 spiro atoms. The average molecular weight is 407 g/mol. The largest absolute Gasteiger partial charge is 0.492 e. The van der Waals surface area contributed by atoms with Gasteiger partial charge in [-0.3, -0.25) is 4.79 Å². The Morgan fingerprint density at radius 1 is 1.15 bits per heavy atom. The van der Waals surface area contributed by atoms with Crippen LogP contribution < -0.4 is 14.3 Å². The van der Waals surface area contributed by atoms with Gasteiger partial charge in [-0.2, -0.15) is 0 Å². The number of hydrogen-bond donors (Lipinski definition) is 1. The van der Waals surface area contributed by atoms with Crippen molar-refractivity contribution >= 4 is 31.6 Å². The standard InChI is InChI=1S/C19H22N2O4S2/c1-12-5-6-15(9-13(12)2)25-11-14(3)20-27(23,24)16-7-8-17-18(10-16)26-19(22)21(17)4/h5-10,14,20H,11H2,1-4H3. The highest BCUT2D eigenvalue weighted by Crippen LogP contribution is 2.21. The number of fused-ring (bicyclic) bond motifs is 1. The average Bonchev–Trinajstić information content (AvgIpc) is 2.89. The Kier molecular flexibility index (Phi) is 5.41. The Balaban J connectivity index is 1.71. The zero-order valence-electron chi connectivity index (χ0n) is 15.6. The number of ether oxygens (including phenoxy) is 1. The van der Waals surface area contributed by atoms with Crippen LogP contribution in [-0.4, -0.2) is 25.6 Å². The van der Waals surface area contributed by atoms with Gasteiger partial charge in [0.1, 0.15) is 12.4 Å². The number of hydrogen-bond acceptors (Lipinski definition) is 5. The van der Waals surface area contributed by atoms with Crippen molar-refractivity contribution in [2.75, 3.05) is 6.61 Å². The van der Waals surface area contributed by atoms with E-state index in [1.54, 1.807) is 20.0 Å². The molecule has 0 aliphatic carbocycles. The molecule has 144 valence electrons. The predicted octanol–water partition coefficient (Wildman–Crippen LogP) is 2.96. The zero-order chi connectivity index (χ0) is 19.8. The van der Waals surface area contributed by atoms with E-state index in [0.29, 0.717) is 10.4 Å². The summed E-state index contributed by atoms with van der Waals surface area (Å²) in [6, 6.07) is 10.0. The Morgan fingerprint density at radius 2 is 1.89 bits per heavy atom. The Hall–Kier alpha value is -2.16. The Morgan fingerprint density at radius 3 is 2.59 bits per heavy atom. The van der Waals surface area contributed by atoms with Gasteiger partial charge in [0.25, 0.3) is 0 Å². The lowest BCUT2D eigenvalue weighted by Crippen LogP contribution is -2.36. The fourth-order valence-electron chi connectivity index (χ4n) is 2.67. The smallest absolute Gasteiger partial charge is 0.307 e. The van der Waals surface area contributed by atoms with Gasteiger partial charge < -0.3 is 9.30 Å². The molecule has 0 saturated heterocycles. The van der Waals surface area contributed by atoms with Gasteiger partial charge in [0.2, 0.25) is 10.0 Å². The summed E-state index contributed by atoms with van der Waals surface area (Å²) >= 11 is 1.03. The first-order valence-corrected chi connectivity index (χ1v) is 10.8. The molecular weight excluding hydrogens is 384 g/mol. The summed E-state index contributed by atoms with van der Waals surface area (Å²) < 4.78 is 35.8. The van der Waals surface area contributed by atoms with E-state index < -0.39 is 16.1 Å². The molecule has 2 aromatic carbocycles. The van der Waals surface area contributed by atoms with Crippen LogP contribution in [0, 0.1) is 13.8 Å². The molecule has 3 rings (SSSR count). The molecule has 0 bridgehead atoms. The van der Waals surface area contributed by atoms with Gasteiger partial charge in [0.05, 0.1) is 21.2 Å². The SMILES string of the molecule is Cc1ccc(OCC(C)NS(=O)(=O)c2ccc3c(c2)sc(=O)n3C)cc1C. The Labute approximate surface area is 162 Å². The van der Waals surface area contributed by atoms with Crippen molar-refractivity contribution in [2.45, 2.75) is 31.7 Å². The molecule has 0 fully saturated rings. The highest BCUT2D eigenvalue weighted by Gasteiger charge is 2.19. The van der Waals surface area contributed by atoms with E-state index in [2.05, 4.69) is 4.72 Å². The van der Waals surface area contributed by atoms with Gasteiger partial charge in [-0.1, -0.05) is 17.4 Å². The molecule has 0 aliphatic rings. The number of nitrogens with zero attached hydrogens (tertiary/aromatic N) is 1. The number of rotatable bonds is 6. The molecule has 27 heavy (non-hydrogen) atoms.